The number of ether oxygens (including phenoxy) is 2. The van der Waals surface area contributed by atoms with Gasteiger partial charge in [0.1, 0.15) is 5.02 Å². The van der Waals surface area contributed by atoms with E-state index in [-0.39, 0.29) is 22.9 Å². The average molecular weight is 366 g/mol. The Balaban J connectivity index is 1.99. The summed E-state index contributed by atoms with van der Waals surface area (Å²) in [6.07, 6.45) is 0. The van der Waals surface area contributed by atoms with Crippen LogP contribution in [0.1, 0.15) is 5.56 Å². The molecule has 2 aromatic rings. The van der Waals surface area contributed by atoms with Gasteiger partial charge in [0, 0.05) is 18.3 Å². The number of nitrogens with zero attached hydrogens (tertiary/aromatic N) is 1. The Bertz CT molecular complexity index is 797. The fourth-order valence-corrected chi connectivity index (χ4v) is 2.27. The molecule has 132 valence electrons. The number of nitro benzene ring substituents is 1. The molecule has 0 saturated carbocycles. The van der Waals surface area contributed by atoms with Gasteiger partial charge in [0.25, 0.3) is 5.69 Å². The van der Waals surface area contributed by atoms with Gasteiger partial charge < -0.3 is 20.1 Å². The molecular weight excluding hydrogens is 350 g/mol. The van der Waals surface area contributed by atoms with E-state index in [9.17, 15) is 14.9 Å². The third kappa shape index (κ3) is 4.74. The van der Waals surface area contributed by atoms with Crippen molar-refractivity contribution in [2.75, 3.05) is 19.5 Å². The molecule has 0 unspecified atom stereocenters. The SMILES string of the molecule is COc1ccc(CNC(=O)Nc2ccc(Cl)c([N+](=O)[O-])c2)cc1OC. The molecule has 9 heteroatoms. The van der Waals surface area contributed by atoms with Crippen molar-refractivity contribution in [1.82, 2.24) is 5.32 Å². The van der Waals surface area contributed by atoms with Gasteiger partial charge in [0.2, 0.25) is 0 Å². The van der Waals surface area contributed by atoms with Gasteiger partial charge in [-0.3, -0.25) is 10.1 Å². The summed E-state index contributed by atoms with van der Waals surface area (Å²) >= 11 is 5.73. The number of urea groups is 1. The van der Waals surface area contributed by atoms with Crippen molar-refractivity contribution >= 4 is 29.0 Å². The first-order valence-corrected chi connectivity index (χ1v) is 7.52. The smallest absolute Gasteiger partial charge is 0.319 e. The minimum Gasteiger partial charge on any atom is -0.493 e. The number of methoxy groups -OCH3 is 2. The van der Waals surface area contributed by atoms with Crippen molar-refractivity contribution in [2.45, 2.75) is 6.54 Å². The number of benzene rings is 2. The van der Waals surface area contributed by atoms with Gasteiger partial charge in [-0.25, -0.2) is 4.79 Å². The first kappa shape index (κ1) is 18.3. The van der Waals surface area contributed by atoms with Gasteiger partial charge in [-0.2, -0.15) is 0 Å². The fraction of sp³-hybridized carbons (Fsp3) is 0.188. The molecule has 2 aromatic carbocycles. The van der Waals surface area contributed by atoms with Crippen LogP contribution in [0.25, 0.3) is 0 Å². The molecule has 0 saturated heterocycles. The maximum atomic E-state index is 11.9. The van der Waals surface area contributed by atoms with E-state index < -0.39 is 11.0 Å². The molecule has 2 amide bonds. The van der Waals surface area contributed by atoms with Crippen LogP contribution in [0.4, 0.5) is 16.2 Å². The standard InChI is InChI=1S/C16H16ClN3O5/c1-24-14-6-3-10(7-15(14)25-2)9-18-16(21)19-11-4-5-12(17)13(8-11)20(22)23/h3-8H,9H2,1-2H3,(H2,18,19,21). The lowest BCUT2D eigenvalue weighted by Crippen LogP contribution is -2.28. The molecule has 0 radical (unpaired) electrons. The monoisotopic (exact) mass is 365 g/mol. The lowest BCUT2D eigenvalue weighted by Gasteiger charge is -2.11. The number of halogens is 1. The number of hydrogen-bond donors (Lipinski definition) is 2. The van der Waals surface area contributed by atoms with Crippen LogP contribution in [-0.2, 0) is 6.54 Å². The van der Waals surface area contributed by atoms with Crippen LogP contribution in [0.3, 0.4) is 0 Å². The molecule has 0 aliphatic heterocycles. The molecule has 0 aliphatic carbocycles. The largest absolute Gasteiger partial charge is 0.493 e. The van der Waals surface area contributed by atoms with E-state index in [0.29, 0.717) is 11.5 Å². The van der Waals surface area contributed by atoms with Crippen LogP contribution in [-0.4, -0.2) is 25.2 Å². The van der Waals surface area contributed by atoms with Crippen LogP contribution in [0, 0.1) is 10.1 Å². The highest BCUT2D eigenvalue weighted by Gasteiger charge is 2.14. The molecule has 25 heavy (non-hydrogen) atoms. The maximum Gasteiger partial charge on any atom is 0.319 e. The summed E-state index contributed by atoms with van der Waals surface area (Å²) in [6, 6.07) is 8.77. The third-order valence-electron chi connectivity index (χ3n) is 3.30. The highest BCUT2D eigenvalue weighted by atomic mass is 35.5. The summed E-state index contributed by atoms with van der Waals surface area (Å²) in [5.41, 5.74) is 0.787. The molecule has 0 heterocycles. The van der Waals surface area contributed by atoms with E-state index >= 15 is 0 Å². The Morgan fingerprint density at radius 2 is 1.88 bits per heavy atom. The lowest BCUT2D eigenvalue weighted by molar-refractivity contribution is -0.384. The molecule has 0 bridgehead atoms. The molecule has 0 aromatic heterocycles. The van der Waals surface area contributed by atoms with Crippen LogP contribution >= 0.6 is 11.6 Å². The zero-order valence-corrected chi connectivity index (χ0v) is 14.3. The van der Waals surface area contributed by atoms with Gasteiger partial charge in [-0.15, -0.1) is 0 Å². The molecule has 2 rings (SSSR count). The Hall–Kier alpha value is -3.00. The molecule has 8 nitrogen and oxygen atoms in total. The number of nitrogens with one attached hydrogen (secondary N) is 2. The van der Waals surface area contributed by atoms with E-state index in [1.165, 1.54) is 32.4 Å². The number of amides is 2. The highest BCUT2D eigenvalue weighted by molar-refractivity contribution is 6.32. The predicted octanol–water partition coefficient (Wildman–Crippen LogP) is 3.59. The van der Waals surface area contributed by atoms with Gasteiger partial charge in [0.15, 0.2) is 11.5 Å². The number of anilines is 1. The van der Waals surface area contributed by atoms with Crippen LogP contribution in [0.2, 0.25) is 5.02 Å². The zero-order chi connectivity index (χ0) is 18.4. The summed E-state index contributed by atoms with van der Waals surface area (Å²) in [5, 5.41) is 16.0. The molecular formula is C16H16ClN3O5. The van der Waals surface area contributed by atoms with E-state index in [1.54, 1.807) is 18.2 Å². The second kappa shape index (κ2) is 8.20. The summed E-state index contributed by atoms with van der Waals surface area (Å²) < 4.78 is 10.3. The minimum absolute atomic E-state index is 0.00119. The van der Waals surface area contributed by atoms with Gasteiger partial charge in [-0.05, 0) is 29.8 Å². The quantitative estimate of drug-likeness (QED) is 0.601. The first-order valence-electron chi connectivity index (χ1n) is 7.14. The van der Waals surface area contributed by atoms with Crippen LogP contribution in [0.15, 0.2) is 36.4 Å². The van der Waals surface area contributed by atoms with Crippen molar-refractivity contribution in [1.29, 1.82) is 0 Å². The van der Waals surface area contributed by atoms with Crippen molar-refractivity contribution < 1.29 is 19.2 Å². The van der Waals surface area contributed by atoms with Gasteiger partial charge >= 0.3 is 6.03 Å². The minimum atomic E-state index is -0.616. The Morgan fingerprint density at radius 3 is 2.52 bits per heavy atom. The van der Waals surface area contributed by atoms with Crippen molar-refractivity contribution in [3.8, 4) is 11.5 Å². The summed E-state index contributed by atoms with van der Waals surface area (Å²) in [6.45, 7) is 0.238. The van der Waals surface area contributed by atoms with Crippen LogP contribution < -0.4 is 20.1 Å². The van der Waals surface area contributed by atoms with Gasteiger partial charge in [0.05, 0.1) is 19.1 Å². The van der Waals surface area contributed by atoms with E-state index in [4.69, 9.17) is 21.1 Å². The van der Waals surface area contributed by atoms with Crippen molar-refractivity contribution in [3.63, 3.8) is 0 Å². The summed E-state index contributed by atoms with van der Waals surface area (Å²) in [5.74, 6) is 1.14. The highest BCUT2D eigenvalue weighted by Crippen LogP contribution is 2.28. The topological polar surface area (TPSA) is 103 Å². The van der Waals surface area contributed by atoms with Crippen LogP contribution in [0.5, 0.6) is 11.5 Å². The molecule has 0 fully saturated rings. The number of rotatable bonds is 6. The lowest BCUT2D eigenvalue weighted by atomic mass is 10.2. The average Bonchev–Trinajstić information content (AvgIpc) is 2.61. The number of carbonyl (C=O) groups is 1. The van der Waals surface area contributed by atoms with E-state index in [1.807, 2.05) is 0 Å². The zero-order valence-electron chi connectivity index (χ0n) is 13.5. The Kier molecular flexibility index (Phi) is 6.02. The molecule has 2 N–H and O–H groups in total. The van der Waals surface area contributed by atoms with Crippen molar-refractivity contribution in [2.24, 2.45) is 0 Å². The summed E-state index contributed by atoms with van der Waals surface area (Å²) in [7, 11) is 3.06. The predicted molar refractivity (Wildman–Crippen MR) is 93.5 cm³/mol. The Labute approximate surface area is 148 Å². The number of nitro groups is 1. The Morgan fingerprint density at radius 1 is 1.16 bits per heavy atom. The van der Waals surface area contributed by atoms with E-state index in [2.05, 4.69) is 10.6 Å². The number of carbonyl (C=O) groups excluding carboxylic acids is 1. The fourth-order valence-electron chi connectivity index (χ4n) is 2.08. The second-order valence-corrected chi connectivity index (χ2v) is 5.33. The van der Waals surface area contributed by atoms with Gasteiger partial charge in [-0.1, -0.05) is 17.7 Å². The molecule has 0 atom stereocenters. The second-order valence-electron chi connectivity index (χ2n) is 4.92. The summed E-state index contributed by atoms with van der Waals surface area (Å²) in [4.78, 5) is 22.2. The van der Waals surface area contributed by atoms with Crippen molar-refractivity contribution in [3.05, 3.63) is 57.1 Å². The normalized spacial score (nSPS) is 10.0. The first-order chi connectivity index (χ1) is 11.9. The number of hydrogen-bond acceptors (Lipinski definition) is 5. The maximum absolute atomic E-state index is 11.9. The third-order valence-corrected chi connectivity index (χ3v) is 3.62. The van der Waals surface area contributed by atoms with E-state index in [0.717, 1.165) is 5.56 Å². The molecule has 0 spiro atoms. The molecule has 0 aliphatic rings.